The third-order valence-corrected chi connectivity index (χ3v) is 10.4. The first-order valence-corrected chi connectivity index (χ1v) is 17.8. The van der Waals surface area contributed by atoms with E-state index < -0.39 is 28.5 Å². The van der Waals surface area contributed by atoms with Crippen LogP contribution in [0.3, 0.4) is 0 Å². The van der Waals surface area contributed by atoms with Gasteiger partial charge in [-0.1, -0.05) is 91.1 Å². The summed E-state index contributed by atoms with van der Waals surface area (Å²) >= 11 is 15.3. The first-order valence-electron chi connectivity index (χ1n) is 14.5. The number of hydrogen-bond acceptors (Lipinski definition) is 4. The summed E-state index contributed by atoms with van der Waals surface area (Å²) in [5.74, 6) is -0.939. The first kappa shape index (κ1) is 34.7. The lowest BCUT2D eigenvalue weighted by Gasteiger charge is -2.34. The number of anilines is 1. The van der Waals surface area contributed by atoms with Gasteiger partial charge in [-0.25, -0.2) is 8.42 Å². The van der Waals surface area contributed by atoms with E-state index >= 15 is 0 Å². The molecule has 11 heteroatoms. The lowest BCUT2D eigenvalue weighted by molar-refractivity contribution is -0.140. The zero-order valence-electron chi connectivity index (χ0n) is 24.7. The van der Waals surface area contributed by atoms with E-state index in [-0.39, 0.29) is 23.8 Å². The standard InChI is InChI=1S/C34H34Cl2IN3O4S/c1-2-3-21-38-34(42)32(22-25-11-6-4-7-12-25)39(23-29-30(35)15-10-16-31(29)36)33(41)24-40(27-19-17-26(37)18-20-27)45(43,44)28-13-8-5-9-14-28/h4-20,32H,2-3,21-24H2,1H3,(H,38,42)/t32-/m1/s1. The number of benzene rings is 4. The van der Waals surface area contributed by atoms with Crippen LogP contribution in [-0.4, -0.2) is 44.3 Å². The van der Waals surface area contributed by atoms with Gasteiger partial charge in [0.2, 0.25) is 11.8 Å². The van der Waals surface area contributed by atoms with Crippen LogP contribution in [0.4, 0.5) is 5.69 Å². The summed E-state index contributed by atoms with van der Waals surface area (Å²) in [6.07, 6.45) is 1.84. The van der Waals surface area contributed by atoms with Crippen LogP contribution in [0.2, 0.25) is 10.0 Å². The van der Waals surface area contributed by atoms with Crippen LogP contribution >= 0.6 is 45.8 Å². The molecule has 4 rings (SSSR count). The molecule has 0 aliphatic heterocycles. The van der Waals surface area contributed by atoms with Crippen LogP contribution in [0, 0.1) is 3.57 Å². The topological polar surface area (TPSA) is 86.8 Å². The van der Waals surface area contributed by atoms with Crippen LogP contribution in [0.5, 0.6) is 0 Å². The minimum Gasteiger partial charge on any atom is -0.354 e. The number of amides is 2. The Labute approximate surface area is 288 Å². The molecule has 4 aromatic carbocycles. The van der Waals surface area contributed by atoms with Gasteiger partial charge in [-0.05, 0) is 83.1 Å². The predicted octanol–water partition coefficient (Wildman–Crippen LogP) is 7.35. The molecule has 7 nitrogen and oxygen atoms in total. The molecular weight excluding hydrogens is 744 g/mol. The van der Waals surface area contributed by atoms with Crippen molar-refractivity contribution in [1.29, 1.82) is 0 Å². The summed E-state index contributed by atoms with van der Waals surface area (Å²) in [4.78, 5) is 29.8. The third kappa shape index (κ3) is 9.22. The Bertz CT molecular complexity index is 1670. The van der Waals surface area contributed by atoms with Crippen LogP contribution in [-0.2, 0) is 32.6 Å². The third-order valence-electron chi connectivity index (χ3n) is 7.22. The van der Waals surface area contributed by atoms with Crippen molar-refractivity contribution < 1.29 is 18.0 Å². The molecule has 236 valence electrons. The van der Waals surface area contributed by atoms with Gasteiger partial charge in [0.25, 0.3) is 10.0 Å². The van der Waals surface area contributed by atoms with Gasteiger partial charge in [-0.3, -0.25) is 13.9 Å². The number of nitrogens with zero attached hydrogens (tertiary/aromatic N) is 2. The lowest BCUT2D eigenvalue weighted by Crippen LogP contribution is -2.53. The maximum Gasteiger partial charge on any atom is 0.264 e. The molecular formula is C34H34Cl2IN3O4S. The fourth-order valence-corrected chi connectivity index (χ4v) is 7.08. The fourth-order valence-electron chi connectivity index (χ4n) is 4.77. The number of carbonyl (C=O) groups is 2. The van der Waals surface area contributed by atoms with Crippen molar-refractivity contribution in [2.24, 2.45) is 0 Å². The maximum absolute atomic E-state index is 14.5. The number of hydrogen-bond donors (Lipinski definition) is 1. The highest BCUT2D eigenvalue weighted by molar-refractivity contribution is 14.1. The van der Waals surface area contributed by atoms with Crippen LogP contribution in [0.1, 0.15) is 30.9 Å². The zero-order chi connectivity index (χ0) is 32.4. The van der Waals surface area contributed by atoms with Crippen molar-refractivity contribution in [2.45, 2.75) is 43.7 Å². The number of halogens is 3. The molecule has 0 aliphatic rings. The average Bonchev–Trinajstić information content (AvgIpc) is 3.04. The Hall–Kier alpha value is -3.12. The molecule has 45 heavy (non-hydrogen) atoms. The fraction of sp³-hybridized carbons (Fsp3) is 0.235. The molecule has 0 saturated heterocycles. The second-order valence-corrected chi connectivity index (χ2v) is 14.3. The highest BCUT2D eigenvalue weighted by atomic mass is 127. The van der Waals surface area contributed by atoms with Gasteiger partial charge in [0, 0.05) is 38.7 Å². The highest BCUT2D eigenvalue weighted by Gasteiger charge is 2.35. The monoisotopic (exact) mass is 777 g/mol. The van der Waals surface area contributed by atoms with E-state index in [0.29, 0.717) is 27.8 Å². The zero-order valence-corrected chi connectivity index (χ0v) is 29.2. The van der Waals surface area contributed by atoms with Crippen molar-refractivity contribution in [2.75, 3.05) is 17.4 Å². The van der Waals surface area contributed by atoms with Crippen LogP contribution in [0.15, 0.2) is 108 Å². The number of carbonyl (C=O) groups excluding carboxylic acids is 2. The summed E-state index contributed by atoms with van der Waals surface area (Å²) in [5.41, 5.74) is 1.61. The van der Waals surface area contributed by atoms with Gasteiger partial charge < -0.3 is 10.2 Å². The van der Waals surface area contributed by atoms with E-state index in [0.717, 1.165) is 26.3 Å². The Morgan fingerprint density at radius 2 is 1.44 bits per heavy atom. The normalized spacial score (nSPS) is 11.9. The van der Waals surface area contributed by atoms with E-state index in [1.807, 2.05) is 37.3 Å². The van der Waals surface area contributed by atoms with Gasteiger partial charge in [0.1, 0.15) is 12.6 Å². The second kappa shape index (κ2) is 16.4. The minimum atomic E-state index is -4.18. The summed E-state index contributed by atoms with van der Waals surface area (Å²) < 4.78 is 30.1. The quantitative estimate of drug-likeness (QED) is 0.107. The number of rotatable bonds is 14. The average molecular weight is 779 g/mol. The lowest BCUT2D eigenvalue weighted by atomic mass is 10.0. The number of unbranched alkanes of at least 4 members (excludes halogenated alkanes) is 1. The Kier molecular flexibility index (Phi) is 12.7. The predicted molar refractivity (Wildman–Crippen MR) is 189 cm³/mol. The van der Waals surface area contributed by atoms with Gasteiger partial charge in [-0.15, -0.1) is 0 Å². The molecule has 0 aromatic heterocycles. The maximum atomic E-state index is 14.5. The second-order valence-electron chi connectivity index (χ2n) is 10.4. The van der Waals surface area contributed by atoms with Crippen molar-refractivity contribution in [3.8, 4) is 0 Å². The van der Waals surface area contributed by atoms with Gasteiger partial charge in [-0.2, -0.15) is 0 Å². The largest absolute Gasteiger partial charge is 0.354 e. The Balaban J connectivity index is 1.81. The Morgan fingerprint density at radius 3 is 2.04 bits per heavy atom. The summed E-state index contributed by atoms with van der Waals surface area (Å²) in [5, 5.41) is 3.63. The summed E-state index contributed by atoms with van der Waals surface area (Å²) in [6, 6.07) is 28.2. The van der Waals surface area contributed by atoms with E-state index in [2.05, 4.69) is 27.9 Å². The smallest absolute Gasteiger partial charge is 0.264 e. The Morgan fingerprint density at radius 1 is 0.844 bits per heavy atom. The molecule has 0 bridgehead atoms. The van der Waals surface area contributed by atoms with Crippen molar-refractivity contribution in [3.63, 3.8) is 0 Å². The van der Waals surface area contributed by atoms with E-state index in [9.17, 15) is 18.0 Å². The molecule has 0 aliphatic carbocycles. The molecule has 0 heterocycles. The van der Waals surface area contributed by atoms with Gasteiger partial charge >= 0.3 is 0 Å². The van der Waals surface area contributed by atoms with E-state index in [4.69, 9.17) is 23.2 Å². The first-order chi connectivity index (χ1) is 21.6. The van der Waals surface area contributed by atoms with Crippen LogP contribution < -0.4 is 9.62 Å². The van der Waals surface area contributed by atoms with Crippen molar-refractivity contribution in [3.05, 3.63) is 128 Å². The summed E-state index contributed by atoms with van der Waals surface area (Å²) in [6.45, 7) is 1.79. The van der Waals surface area contributed by atoms with Crippen LogP contribution in [0.25, 0.3) is 0 Å². The minimum absolute atomic E-state index is 0.0372. The summed E-state index contributed by atoms with van der Waals surface area (Å²) in [7, 11) is -4.18. The SMILES string of the molecule is CCCCNC(=O)[C@@H](Cc1ccccc1)N(Cc1c(Cl)cccc1Cl)C(=O)CN(c1ccc(I)cc1)S(=O)(=O)c1ccccc1. The van der Waals surface area contributed by atoms with Gasteiger partial charge in [0.15, 0.2) is 0 Å². The molecule has 0 fully saturated rings. The molecule has 1 atom stereocenters. The molecule has 4 aromatic rings. The number of nitrogens with one attached hydrogen (secondary N) is 1. The van der Waals surface area contributed by atoms with Crippen molar-refractivity contribution >= 4 is 73.3 Å². The van der Waals surface area contributed by atoms with E-state index in [1.54, 1.807) is 60.7 Å². The molecule has 0 unspecified atom stereocenters. The molecule has 2 amide bonds. The van der Waals surface area contributed by atoms with Crippen molar-refractivity contribution in [1.82, 2.24) is 10.2 Å². The number of sulfonamides is 1. The molecule has 0 radical (unpaired) electrons. The highest BCUT2D eigenvalue weighted by Crippen LogP contribution is 2.29. The molecule has 1 N–H and O–H groups in total. The van der Waals surface area contributed by atoms with E-state index in [1.165, 1.54) is 17.0 Å². The molecule has 0 spiro atoms. The van der Waals surface area contributed by atoms with Gasteiger partial charge in [0.05, 0.1) is 10.6 Å². The molecule has 0 saturated carbocycles.